The first kappa shape index (κ1) is 20.0. The van der Waals surface area contributed by atoms with Gasteiger partial charge < -0.3 is 5.32 Å². The standard InChI is InChI=1S/C21H20ClFN2O3/c1-2-3-12-21(15-6-10-17(23)11-7-15)19(27)25(20(28)24-21)13-18(26)14-4-8-16(22)9-5-14/h4-11H,2-3,12-13H2,1H3,(H,24,28). The van der Waals surface area contributed by atoms with E-state index in [-0.39, 0.29) is 12.3 Å². The zero-order valence-corrected chi connectivity index (χ0v) is 16.1. The SMILES string of the molecule is CCCCC1(c2ccc(F)cc2)NC(=O)N(CC(=O)c2ccc(Cl)cc2)C1=O. The Morgan fingerprint density at radius 2 is 1.75 bits per heavy atom. The van der Waals surface area contributed by atoms with Crippen LogP contribution in [0, 0.1) is 5.82 Å². The Bertz CT molecular complexity index is 899. The highest BCUT2D eigenvalue weighted by Gasteiger charge is 2.52. The number of halogens is 2. The summed E-state index contributed by atoms with van der Waals surface area (Å²) in [5, 5.41) is 3.23. The van der Waals surface area contributed by atoms with Gasteiger partial charge in [0.05, 0.1) is 6.54 Å². The van der Waals surface area contributed by atoms with E-state index in [4.69, 9.17) is 11.6 Å². The minimum absolute atomic E-state index is 0.359. The van der Waals surface area contributed by atoms with Crippen molar-refractivity contribution in [1.82, 2.24) is 10.2 Å². The van der Waals surface area contributed by atoms with E-state index in [2.05, 4.69) is 5.32 Å². The molecular formula is C21H20ClFN2O3. The molecule has 0 bridgehead atoms. The van der Waals surface area contributed by atoms with Crippen molar-refractivity contribution in [3.63, 3.8) is 0 Å². The largest absolute Gasteiger partial charge is 0.325 e. The molecule has 3 rings (SSSR count). The number of carbonyl (C=O) groups is 3. The third-order valence-corrected chi connectivity index (χ3v) is 5.14. The maximum Gasteiger partial charge on any atom is 0.325 e. The van der Waals surface area contributed by atoms with Crippen LogP contribution in [0.3, 0.4) is 0 Å². The molecule has 1 heterocycles. The molecule has 5 nitrogen and oxygen atoms in total. The van der Waals surface area contributed by atoms with Gasteiger partial charge in [0.1, 0.15) is 11.4 Å². The molecule has 1 fully saturated rings. The van der Waals surface area contributed by atoms with Gasteiger partial charge in [0.2, 0.25) is 0 Å². The molecule has 7 heteroatoms. The van der Waals surface area contributed by atoms with E-state index in [1.54, 1.807) is 24.3 Å². The average Bonchev–Trinajstić information content (AvgIpc) is 2.92. The minimum Gasteiger partial charge on any atom is -0.319 e. The Kier molecular flexibility index (Phi) is 5.79. The summed E-state index contributed by atoms with van der Waals surface area (Å²) in [6.45, 7) is 1.60. The number of rotatable bonds is 7. The van der Waals surface area contributed by atoms with Crippen molar-refractivity contribution in [3.05, 3.63) is 70.5 Å². The summed E-state index contributed by atoms with van der Waals surface area (Å²) in [6.07, 6.45) is 1.86. The van der Waals surface area contributed by atoms with Crippen LogP contribution in [-0.2, 0) is 10.3 Å². The summed E-state index contributed by atoms with van der Waals surface area (Å²) in [7, 11) is 0. The number of carbonyl (C=O) groups excluding carboxylic acids is 3. The average molecular weight is 403 g/mol. The molecule has 1 unspecified atom stereocenters. The van der Waals surface area contributed by atoms with Crippen molar-refractivity contribution in [3.8, 4) is 0 Å². The summed E-state index contributed by atoms with van der Waals surface area (Å²) >= 11 is 5.83. The van der Waals surface area contributed by atoms with E-state index in [9.17, 15) is 18.8 Å². The molecule has 1 aliphatic heterocycles. The van der Waals surface area contributed by atoms with Crippen LogP contribution < -0.4 is 5.32 Å². The van der Waals surface area contributed by atoms with Gasteiger partial charge in [-0.15, -0.1) is 0 Å². The Labute approximate surface area is 167 Å². The van der Waals surface area contributed by atoms with Crippen molar-refractivity contribution in [2.24, 2.45) is 0 Å². The van der Waals surface area contributed by atoms with E-state index in [0.29, 0.717) is 29.0 Å². The van der Waals surface area contributed by atoms with Gasteiger partial charge >= 0.3 is 6.03 Å². The number of imide groups is 1. The van der Waals surface area contributed by atoms with E-state index in [1.165, 1.54) is 24.3 Å². The van der Waals surface area contributed by atoms with Crippen molar-refractivity contribution < 1.29 is 18.8 Å². The molecule has 0 saturated carbocycles. The van der Waals surface area contributed by atoms with Gasteiger partial charge in [-0.1, -0.05) is 43.5 Å². The Hall–Kier alpha value is -2.73. The molecule has 1 N–H and O–H groups in total. The quantitative estimate of drug-likeness (QED) is 0.554. The number of nitrogens with one attached hydrogen (secondary N) is 1. The number of hydrogen-bond donors (Lipinski definition) is 1. The molecule has 1 saturated heterocycles. The fourth-order valence-corrected chi connectivity index (χ4v) is 3.45. The molecule has 0 aromatic heterocycles. The summed E-state index contributed by atoms with van der Waals surface area (Å²) in [6, 6.07) is 11.1. The van der Waals surface area contributed by atoms with Crippen LogP contribution >= 0.6 is 11.6 Å². The van der Waals surface area contributed by atoms with Gasteiger partial charge in [0.15, 0.2) is 5.78 Å². The van der Waals surface area contributed by atoms with Crippen LogP contribution in [-0.4, -0.2) is 29.2 Å². The van der Waals surface area contributed by atoms with Crippen LogP contribution in [0.4, 0.5) is 9.18 Å². The number of urea groups is 1. The highest BCUT2D eigenvalue weighted by Crippen LogP contribution is 2.34. The number of benzene rings is 2. The van der Waals surface area contributed by atoms with Crippen molar-refractivity contribution in [1.29, 1.82) is 0 Å². The molecule has 0 spiro atoms. The van der Waals surface area contributed by atoms with Crippen LogP contribution in [0.15, 0.2) is 48.5 Å². The second-order valence-corrected chi connectivity index (χ2v) is 7.20. The lowest BCUT2D eigenvalue weighted by atomic mass is 9.84. The van der Waals surface area contributed by atoms with Crippen molar-refractivity contribution >= 4 is 29.3 Å². The van der Waals surface area contributed by atoms with E-state index >= 15 is 0 Å². The predicted octanol–water partition coefficient (Wildman–Crippen LogP) is 4.30. The second-order valence-electron chi connectivity index (χ2n) is 6.77. The van der Waals surface area contributed by atoms with Gasteiger partial charge in [-0.2, -0.15) is 0 Å². The van der Waals surface area contributed by atoms with Crippen LogP contribution in [0.1, 0.15) is 42.1 Å². The predicted molar refractivity (Wildman–Crippen MR) is 104 cm³/mol. The number of ketones is 1. The first-order valence-electron chi connectivity index (χ1n) is 9.06. The lowest BCUT2D eigenvalue weighted by Gasteiger charge is -2.27. The summed E-state index contributed by atoms with van der Waals surface area (Å²) in [4.78, 5) is 39.3. The third kappa shape index (κ3) is 3.78. The summed E-state index contributed by atoms with van der Waals surface area (Å²) < 4.78 is 13.4. The smallest absolute Gasteiger partial charge is 0.319 e. The van der Waals surface area contributed by atoms with Crippen LogP contribution in [0.25, 0.3) is 0 Å². The van der Waals surface area contributed by atoms with Crippen molar-refractivity contribution in [2.75, 3.05) is 6.54 Å². The molecule has 2 aromatic carbocycles. The highest BCUT2D eigenvalue weighted by atomic mass is 35.5. The normalized spacial score (nSPS) is 19.0. The Balaban J connectivity index is 1.89. The lowest BCUT2D eigenvalue weighted by molar-refractivity contribution is -0.131. The second kappa shape index (κ2) is 8.10. The monoisotopic (exact) mass is 402 g/mol. The lowest BCUT2D eigenvalue weighted by Crippen LogP contribution is -2.44. The molecule has 1 aliphatic rings. The van der Waals surface area contributed by atoms with Gasteiger partial charge in [0.25, 0.3) is 5.91 Å². The molecule has 0 radical (unpaired) electrons. The van der Waals surface area contributed by atoms with Crippen LogP contribution in [0.5, 0.6) is 0 Å². The highest BCUT2D eigenvalue weighted by molar-refractivity contribution is 6.30. The number of amides is 3. The van der Waals surface area contributed by atoms with Gasteiger partial charge in [-0.05, 0) is 48.4 Å². The maximum atomic E-state index is 13.4. The number of hydrogen-bond acceptors (Lipinski definition) is 3. The molecule has 3 amide bonds. The van der Waals surface area contributed by atoms with Gasteiger partial charge in [-0.3, -0.25) is 14.5 Å². The maximum absolute atomic E-state index is 13.4. The van der Waals surface area contributed by atoms with E-state index in [0.717, 1.165) is 11.3 Å². The zero-order chi connectivity index (χ0) is 20.3. The first-order valence-corrected chi connectivity index (χ1v) is 9.44. The number of nitrogens with zero attached hydrogens (tertiary/aromatic N) is 1. The molecule has 2 aromatic rings. The minimum atomic E-state index is -1.29. The first-order chi connectivity index (χ1) is 13.4. The molecular weight excluding hydrogens is 383 g/mol. The fourth-order valence-electron chi connectivity index (χ4n) is 3.33. The molecule has 146 valence electrons. The van der Waals surface area contributed by atoms with Gasteiger partial charge in [0, 0.05) is 10.6 Å². The number of Topliss-reactive ketones (excluding diaryl/α,β-unsaturated/α-hetero) is 1. The third-order valence-electron chi connectivity index (χ3n) is 4.89. The van der Waals surface area contributed by atoms with E-state index in [1.807, 2.05) is 6.92 Å². The Morgan fingerprint density at radius 1 is 1.11 bits per heavy atom. The van der Waals surface area contributed by atoms with Crippen molar-refractivity contribution in [2.45, 2.75) is 31.7 Å². The Morgan fingerprint density at radius 3 is 2.36 bits per heavy atom. The number of unbranched alkanes of at least 4 members (excludes halogenated alkanes) is 1. The summed E-state index contributed by atoms with van der Waals surface area (Å²) in [5.74, 6) is -1.30. The fraction of sp³-hybridized carbons (Fsp3) is 0.286. The molecule has 0 aliphatic carbocycles. The van der Waals surface area contributed by atoms with Gasteiger partial charge in [-0.25, -0.2) is 9.18 Å². The molecule has 1 atom stereocenters. The summed E-state index contributed by atoms with van der Waals surface area (Å²) in [5.41, 5.74) is -0.430. The van der Waals surface area contributed by atoms with Crippen LogP contribution in [0.2, 0.25) is 5.02 Å². The molecule has 28 heavy (non-hydrogen) atoms. The zero-order valence-electron chi connectivity index (χ0n) is 15.4. The topological polar surface area (TPSA) is 66.5 Å². The van der Waals surface area contributed by atoms with E-state index < -0.39 is 23.3 Å².